The first-order valence-electron chi connectivity index (χ1n) is 5.53. The third kappa shape index (κ3) is 1.99. The van der Waals surface area contributed by atoms with Gasteiger partial charge in [0.05, 0.1) is 0 Å². The molecule has 0 amide bonds. The van der Waals surface area contributed by atoms with Gasteiger partial charge in [-0.2, -0.15) is 0 Å². The molecule has 1 aliphatic rings. The van der Waals surface area contributed by atoms with Gasteiger partial charge in [-0.3, -0.25) is 0 Å². The Hall–Kier alpha value is -1.26. The average molecular weight is 222 g/mol. The Morgan fingerprint density at radius 2 is 2.12 bits per heavy atom. The van der Waals surface area contributed by atoms with Crippen molar-refractivity contribution in [3.05, 3.63) is 23.8 Å². The Balaban J connectivity index is 2.25. The molecule has 0 aromatic heterocycles. The fourth-order valence-corrected chi connectivity index (χ4v) is 2.02. The molecule has 1 heterocycles. The molecule has 0 radical (unpaired) electrons. The first kappa shape index (κ1) is 11.2. The lowest BCUT2D eigenvalue weighted by Crippen LogP contribution is -2.28. The summed E-state index contributed by atoms with van der Waals surface area (Å²) < 4.78 is 10.7. The fourth-order valence-electron chi connectivity index (χ4n) is 2.02. The molecule has 1 aromatic carbocycles. The molecule has 4 heteroatoms. The molecule has 1 aliphatic heterocycles. The van der Waals surface area contributed by atoms with Crippen molar-refractivity contribution in [1.82, 2.24) is 5.32 Å². The molecule has 0 fully saturated rings. The van der Waals surface area contributed by atoms with E-state index >= 15 is 0 Å². The van der Waals surface area contributed by atoms with Crippen LogP contribution in [0.15, 0.2) is 18.2 Å². The highest BCUT2D eigenvalue weighted by Gasteiger charge is 2.20. The number of ether oxygens (including phenoxy) is 2. The van der Waals surface area contributed by atoms with Gasteiger partial charge in [0.2, 0.25) is 6.79 Å². The van der Waals surface area contributed by atoms with E-state index in [1.165, 1.54) is 5.56 Å². The van der Waals surface area contributed by atoms with Crippen molar-refractivity contribution >= 4 is 0 Å². The third-order valence-electron chi connectivity index (χ3n) is 3.01. The van der Waals surface area contributed by atoms with Crippen LogP contribution in [0.2, 0.25) is 0 Å². The van der Waals surface area contributed by atoms with E-state index in [0.717, 1.165) is 11.5 Å². The van der Waals surface area contributed by atoms with E-state index in [4.69, 9.17) is 15.2 Å². The largest absolute Gasteiger partial charge is 0.454 e. The maximum Gasteiger partial charge on any atom is 0.231 e. The summed E-state index contributed by atoms with van der Waals surface area (Å²) in [6.07, 6.45) is 0. The summed E-state index contributed by atoms with van der Waals surface area (Å²) in [5.41, 5.74) is 6.89. The maximum absolute atomic E-state index is 5.70. The van der Waals surface area contributed by atoms with Crippen molar-refractivity contribution in [2.45, 2.75) is 13.0 Å². The molecule has 0 bridgehead atoms. The van der Waals surface area contributed by atoms with Crippen LogP contribution in [-0.2, 0) is 0 Å². The number of nitrogens with two attached hydrogens (primary N) is 1. The Labute approximate surface area is 95.7 Å². The van der Waals surface area contributed by atoms with Crippen molar-refractivity contribution in [3.8, 4) is 11.5 Å². The Bertz CT molecular complexity index is 368. The zero-order chi connectivity index (χ0) is 11.5. The number of benzene rings is 1. The van der Waals surface area contributed by atoms with Gasteiger partial charge in [0.1, 0.15) is 0 Å². The Kier molecular flexibility index (Phi) is 3.31. The van der Waals surface area contributed by atoms with Gasteiger partial charge in [0, 0.05) is 6.04 Å². The summed E-state index contributed by atoms with van der Waals surface area (Å²) in [6.45, 7) is 3.10. The highest BCUT2D eigenvalue weighted by molar-refractivity contribution is 5.45. The topological polar surface area (TPSA) is 56.5 Å². The fraction of sp³-hybridized carbons (Fsp3) is 0.500. The summed E-state index contributed by atoms with van der Waals surface area (Å²) in [4.78, 5) is 0. The number of hydrogen-bond acceptors (Lipinski definition) is 4. The molecule has 88 valence electrons. The van der Waals surface area contributed by atoms with Crippen molar-refractivity contribution < 1.29 is 9.47 Å². The zero-order valence-electron chi connectivity index (χ0n) is 9.69. The standard InChI is InChI=1S/C12H18N2O2/c1-8(6-13)12(14-2)9-3-4-10-11(5-9)16-7-15-10/h3-5,8,12,14H,6-7,13H2,1-2H3. The molecule has 3 N–H and O–H groups in total. The molecular weight excluding hydrogens is 204 g/mol. The summed E-state index contributed by atoms with van der Waals surface area (Å²) >= 11 is 0. The van der Waals surface area contributed by atoms with Gasteiger partial charge in [0.15, 0.2) is 11.5 Å². The van der Waals surface area contributed by atoms with E-state index in [9.17, 15) is 0 Å². The molecule has 16 heavy (non-hydrogen) atoms. The number of fused-ring (bicyclic) bond motifs is 1. The molecule has 0 saturated carbocycles. The normalized spacial score (nSPS) is 17.2. The predicted molar refractivity (Wildman–Crippen MR) is 62.6 cm³/mol. The lowest BCUT2D eigenvalue weighted by atomic mass is 9.94. The maximum atomic E-state index is 5.70. The number of nitrogens with one attached hydrogen (secondary N) is 1. The number of rotatable bonds is 4. The SMILES string of the molecule is CNC(c1ccc2c(c1)OCO2)C(C)CN. The number of hydrogen-bond donors (Lipinski definition) is 2. The molecule has 0 spiro atoms. The van der Waals surface area contributed by atoms with E-state index in [2.05, 4.69) is 18.3 Å². The van der Waals surface area contributed by atoms with Gasteiger partial charge < -0.3 is 20.5 Å². The van der Waals surface area contributed by atoms with Crippen LogP contribution >= 0.6 is 0 Å². The molecule has 1 aromatic rings. The second-order valence-corrected chi connectivity index (χ2v) is 4.09. The van der Waals surface area contributed by atoms with Crippen molar-refractivity contribution in [1.29, 1.82) is 0 Å². The van der Waals surface area contributed by atoms with Crippen LogP contribution in [0.4, 0.5) is 0 Å². The summed E-state index contributed by atoms with van der Waals surface area (Å²) in [5, 5.41) is 3.28. The van der Waals surface area contributed by atoms with Gasteiger partial charge in [-0.05, 0) is 37.2 Å². The van der Waals surface area contributed by atoms with Crippen molar-refractivity contribution in [3.63, 3.8) is 0 Å². The molecule has 0 saturated heterocycles. The van der Waals surface area contributed by atoms with Crippen molar-refractivity contribution in [2.75, 3.05) is 20.4 Å². The molecule has 2 atom stereocenters. The van der Waals surface area contributed by atoms with Gasteiger partial charge >= 0.3 is 0 Å². The van der Waals surface area contributed by atoms with Crippen LogP contribution in [0.1, 0.15) is 18.5 Å². The van der Waals surface area contributed by atoms with Gasteiger partial charge in [-0.15, -0.1) is 0 Å². The van der Waals surface area contributed by atoms with Crippen LogP contribution in [0, 0.1) is 5.92 Å². The molecule has 2 unspecified atom stereocenters. The minimum atomic E-state index is 0.250. The lowest BCUT2D eigenvalue weighted by Gasteiger charge is -2.22. The molecule has 4 nitrogen and oxygen atoms in total. The molecule has 0 aliphatic carbocycles. The van der Waals surface area contributed by atoms with Crippen LogP contribution in [-0.4, -0.2) is 20.4 Å². The van der Waals surface area contributed by atoms with Gasteiger partial charge in [0.25, 0.3) is 0 Å². The summed E-state index contributed by atoms with van der Waals surface area (Å²) in [5.74, 6) is 2.02. The second kappa shape index (κ2) is 4.72. The molecular formula is C12H18N2O2. The predicted octanol–water partition coefficient (Wildman–Crippen LogP) is 1.27. The van der Waals surface area contributed by atoms with Crippen molar-refractivity contribution in [2.24, 2.45) is 11.7 Å². The van der Waals surface area contributed by atoms with E-state index in [1.54, 1.807) is 0 Å². The Morgan fingerprint density at radius 3 is 2.81 bits per heavy atom. The quantitative estimate of drug-likeness (QED) is 0.805. The van der Waals surface area contributed by atoms with Crippen LogP contribution in [0.25, 0.3) is 0 Å². The van der Waals surface area contributed by atoms with E-state index in [1.807, 2.05) is 19.2 Å². The van der Waals surface area contributed by atoms with Crippen LogP contribution in [0.3, 0.4) is 0 Å². The summed E-state index contributed by atoms with van der Waals surface area (Å²) in [6, 6.07) is 6.28. The van der Waals surface area contributed by atoms with Gasteiger partial charge in [-0.25, -0.2) is 0 Å². The average Bonchev–Trinajstić information content (AvgIpc) is 2.77. The highest BCUT2D eigenvalue weighted by Crippen LogP contribution is 2.35. The lowest BCUT2D eigenvalue weighted by molar-refractivity contribution is 0.174. The zero-order valence-corrected chi connectivity index (χ0v) is 9.69. The second-order valence-electron chi connectivity index (χ2n) is 4.09. The minimum Gasteiger partial charge on any atom is -0.454 e. The molecule has 2 rings (SSSR count). The first-order chi connectivity index (χ1) is 7.76. The highest BCUT2D eigenvalue weighted by atomic mass is 16.7. The Morgan fingerprint density at radius 1 is 1.38 bits per heavy atom. The third-order valence-corrected chi connectivity index (χ3v) is 3.01. The first-order valence-corrected chi connectivity index (χ1v) is 5.53. The summed E-state index contributed by atoms with van der Waals surface area (Å²) in [7, 11) is 1.95. The van der Waals surface area contributed by atoms with Crippen LogP contribution in [0.5, 0.6) is 11.5 Å². The van der Waals surface area contributed by atoms with E-state index < -0.39 is 0 Å². The minimum absolute atomic E-state index is 0.250. The monoisotopic (exact) mass is 222 g/mol. The van der Waals surface area contributed by atoms with E-state index in [0.29, 0.717) is 19.3 Å². The van der Waals surface area contributed by atoms with Gasteiger partial charge in [-0.1, -0.05) is 13.0 Å². The van der Waals surface area contributed by atoms with Crippen LogP contribution < -0.4 is 20.5 Å². The van der Waals surface area contributed by atoms with E-state index in [-0.39, 0.29) is 6.04 Å². The smallest absolute Gasteiger partial charge is 0.231 e.